The molecule has 0 unspecified atom stereocenters. The van der Waals surface area contributed by atoms with Crippen LogP contribution in [0.1, 0.15) is 13.8 Å². The largest absolute Gasteiger partial charge is 3.00 e. The van der Waals surface area contributed by atoms with Gasteiger partial charge in [0.15, 0.2) is 0 Å². The molecule has 2 N–H and O–H groups in total. The Hall–Kier alpha value is -1.59. The molecule has 0 saturated heterocycles. The van der Waals surface area contributed by atoms with Crippen LogP contribution >= 0.6 is 0 Å². The van der Waals surface area contributed by atoms with Crippen LogP contribution < -0.4 is 0 Å². The van der Waals surface area contributed by atoms with E-state index in [1.165, 1.54) is 0 Å². The second-order valence-corrected chi connectivity index (χ2v) is 1.72. The molecule has 0 spiro atoms. The van der Waals surface area contributed by atoms with Crippen molar-refractivity contribution < 1.29 is 29.4 Å². The molecule has 0 aromatic heterocycles. The van der Waals surface area contributed by atoms with Crippen LogP contribution in [0.15, 0.2) is 0 Å². The van der Waals surface area contributed by atoms with Crippen LogP contribution in [-0.4, -0.2) is 50.5 Å². The van der Waals surface area contributed by atoms with Crippen LogP contribution in [0.4, 0.5) is 0 Å². The van der Waals surface area contributed by atoms with Crippen LogP contribution in [0, 0.1) is 0 Å². The molecule has 0 aliphatic carbocycles. The molecule has 0 aromatic carbocycles. The summed E-state index contributed by atoms with van der Waals surface area (Å²) in [5.74, 6) is -4.41. The van der Waals surface area contributed by atoms with E-state index in [0.29, 0.717) is 0 Å². The summed E-state index contributed by atoms with van der Waals surface area (Å²) in [6, 6.07) is 0. The molecule has 0 rings (SSSR count). The number of Topliss-reactive ketones (excluding diaryl/α,β-unsaturated/α-hetero) is 2. The van der Waals surface area contributed by atoms with Gasteiger partial charge in [-0.05, 0) is 0 Å². The van der Waals surface area contributed by atoms with Gasteiger partial charge in [0.2, 0.25) is 11.6 Å². The van der Waals surface area contributed by atoms with Crippen molar-refractivity contribution in [1.29, 1.82) is 0 Å². The van der Waals surface area contributed by atoms with E-state index in [1.54, 1.807) is 0 Å². The van der Waals surface area contributed by atoms with Gasteiger partial charge in [-0.15, -0.1) is 0 Å². The molecule has 8 heteroatoms. The Morgan fingerprint density at radius 1 is 0.714 bits per heavy atom. The van der Waals surface area contributed by atoms with Gasteiger partial charge in [-0.1, -0.05) is 0 Å². The summed E-state index contributed by atoms with van der Waals surface area (Å²) in [7, 11) is 0. The second-order valence-electron chi connectivity index (χ2n) is 1.72. The number of carboxylic acids is 2. The fourth-order valence-corrected chi connectivity index (χ4v) is 0. The first-order valence-corrected chi connectivity index (χ1v) is 2.76. The van der Waals surface area contributed by atoms with Crippen LogP contribution in [-0.2, 0) is 19.2 Å². The van der Waals surface area contributed by atoms with E-state index in [2.05, 4.69) is 0 Å². The zero-order valence-electron chi connectivity index (χ0n) is 7.68. The predicted octanol–water partition coefficient (Wildman–Crippen LogP) is -1.44. The SMILES string of the molecule is CC(=O)C(=O)O.CC(=O)C(=O)O.[B+3].[B+3]. The average Bonchev–Trinajstić information content (AvgIpc) is 1.88. The summed E-state index contributed by atoms with van der Waals surface area (Å²) in [6.45, 7) is 2.00. The quantitative estimate of drug-likeness (QED) is 0.415. The molecule has 0 bridgehead atoms. The first-order valence-electron chi connectivity index (χ1n) is 2.76. The molecule has 0 radical (unpaired) electrons. The number of hydrogen-bond acceptors (Lipinski definition) is 4. The van der Waals surface area contributed by atoms with Crippen LogP contribution in [0.2, 0.25) is 0 Å². The molecule has 0 saturated carbocycles. The second kappa shape index (κ2) is 11.4. The molecule has 14 heavy (non-hydrogen) atoms. The van der Waals surface area contributed by atoms with Crippen molar-refractivity contribution in [3.8, 4) is 0 Å². The van der Waals surface area contributed by atoms with Crippen molar-refractivity contribution in [2.24, 2.45) is 0 Å². The number of ketones is 2. The Bertz CT molecular complexity index is 176. The van der Waals surface area contributed by atoms with Crippen molar-refractivity contribution in [3.05, 3.63) is 0 Å². The molecule has 0 amide bonds. The Morgan fingerprint density at radius 3 is 0.786 bits per heavy atom. The van der Waals surface area contributed by atoms with E-state index in [9.17, 15) is 19.2 Å². The molecule has 68 valence electrons. The molecule has 6 nitrogen and oxygen atoms in total. The van der Waals surface area contributed by atoms with Crippen molar-refractivity contribution in [2.75, 3.05) is 0 Å². The summed E-state index contributed by atoms with van der Waals surface area (Å²) in [5.41, 5.74) is 0. The first kappa shape index (κ1) is 22.8. The molecular formula is C6H8B2O6+6. The monoisotopic (exact) mass is 198 g/mol. The smallest absolute Gasteiger partial charge is 0.476 e. The molecule has 0 atom stereocenters. The Kier molecular flexibility index (Phi) is 18.6. The summed E-state index contributed by atoms with van der Waals surface area (Å²) in [4.78, 5) is 37.8. The van der Waals surface area contributed by atoms with E-state index < -0.39 is 23.5 Å². The number of aliphatic carboxylic acids is 2. The average molecular weight is 198 g/mol. The minimum absolute atomic E-state index is 0. The zero-order valence-corrected chi connectivity index (χ0v) is 7.68. The van der Waals surface area contributed by atoms with Crippen LogP contribution in [0.25, 0.3) is 0 Å². The van der Waals surface area contributed by atoms with Crippen LogP contribution in [0.5, 0.6) is 0 Å². The van der Waals surface area contributed by atoms with Gasteiger partial charge in [-0.2, -0.15) is 0 Å². The fraction of sp³-hybridized carbons (Fsp3) is 0.333. The number of rotatable bonds is 2. The third kappa shape index (κ3) is 22.4. The van der Waals surface area contributed by atoms with Crippen molar-refractivity contribution in [2.45, 2.75) is 13.8 Å². The Balaban J connectivity index is -0.0000000625. The normalized spacial score (nSPS) is 6.43. The zero-order chi connectivity index (χ0) is 10.3. The third-order valence-electron chi connectivity index (χ3n) is 0.602. The third-order valence-corrected chi connectivity index (χ3v) is 0.602. The maximum Gasteiger partial charge on any atom is 3.00 e. The molecule has 0 aliphatic rings. The minimum atomic E-state index is -1.38. The van der Waals surface area contributed by atoms with Crippen molar-refractivity contribution in [3.63, 3.8) is 0 Å². The molecule has 0 heterocycles. The molecular weight excluding hydrogens is 190 g/mol. The maximum absolute atomic E-state index is 9.54. The van der Waals surface area contributed by atoms with E-state index >= 15 is 0 Å². The number of carbonyl (C=O) groups is 4. The van der Waals surface area contributed by atoms with Gasteiger partial charge in [0, 0.05) is 13.8 Å². The van der Waals surface area contributed by atoms with E-state index in [-0.39, 0.29) is 16.8 Å². The van der Waals surface area contributed by atoms with Gasteiger partial charge in [0.25, 0.3) is 0 Å². The van der Waals surface area contributed by atoms with E-state index in [0.717, 1.165) is 13.8 Å². The standard InChI is InChI=1S/2C3H4O3.2B/c2*1-2(4)3(5)6;;/h2*1H3,(H,5,6);;/q;;2*+3. The Morgan fingerprint density at radius 2 is 0.786 bits per heavy atom. The van der Waals surface area contributed by atoms with Crippen molar-refractivity contribution in [1.82, 2.24) is 0 Å². The maximum atomic E-state index is 9.54. The van der Waals surface area contributed by atoms with Crippen LogP contribution in [0.3, 0.4) is 0 Å². The number of carbonyl (C=O) groups excluding carboxylic acids is 2. The Labute approximate surface area is 84.4 Å². The van der Waals surface area contributed by atoms with Gasteiger partial charge < -0.3 is 10.2 Å². The topological polar surface area (TPSA) is 109 Å². The molecule has 0 aliphatic heterocycles. The fourth-order valence-electron chi connectivity index (χ4n) is 0. The van der Waals surface area contributed by atoms with Crippen molar-refractivity contribution >= 4 is 40.3 Å². The number of carboxylic acid groups (broad SMARTS) is 2. The summed E-state index contributed by atoms with van der Waals surface area (Å²) in [5, 5.41) is 15.3. The van der Waals surface area contributed by atoms with Gasteiger partial charge >= 0.3 is 28.8 Å². The van der Waals surface area contributed by atoms with E-state index in [1.807, 2.05) is 0 Å². The van der Waals surface area contributed by atoms with Gasteiger partial charge in [0.05, 0.1) is 0 Å². The van der Waals surface area contributed by atoms with Gasteiger partial charge in [0.1, 0.15) is 0 Å². The number of hydrogen-bond donors (Lipinski definition) is 2. The summed E-state index contributed by atoms with van der Waals surface area (Å²) < 4.78 is 0. The molecule has 0 aromatic rings. The summed E-state index contributed by atoms with van der Waals surface area (Å²) in [6.07, 6.45) is 0. The van der Waals surface area contributed by atoms with E-state index in [4.69, 9.17) is 10.2 Å². The first-order chi connectivity index (χ1) is 5.29. The minimum Gasteiger partial charge on any atom is -0.476 e. The van der Waals surface area contributed by atoms with Gasteiger partial charge in [-0.3, -0.25) is 9.59 Å². The summed E-state index contributed by atoms with van der Waals surface area (Å²) >= 11 is 0. The predicted molar refractivity (Wildman–Crippen MR) is 48.1 cm³/mol. The van der Waals surface area contributed by atoms with Gasteiger partial charge in [-0.25, -0.2) is 9.59 Å². The molecule has 0 fully saturated rings.